The van der Waals surface area contributed by atoms with Gasteiger partial charge in [0.05, 0.1) is 5.92 Å². The van der Waals surface area contributed by atoms with E-state index < -0.39 is 0 Å². The molecule has 2 atom stereocenters. The first-order valence-corrected chi connectivity index (χ1v) is 8.51. The Kier molecular flexibility index (Phi) is 13.0. The molecule has 0 bridgehead atoms. The van der Waals surface area contributed by atoms with Gasteiger partial charge in [0.15, 0.2) is 6.04 Å². The molecule has 0 aliphatic heterocycles. The summed E-state index contributed by atoms with van der Waals surface area (Å²) in [6, 6.07) is -0.166. The molecule has 5 heteroatoms. The summed E-state index contributed by atoms with van der Waals surface area (Å²) in [5, 5.41) is 3.76. The number of terminal acetylenes is 1. The Bertz CT molecular complexity index is 518. The highest BCUT2D eigenvalue weighted by Gasteiger charge is 2.20. The molecule has 0 heterocycles. The molecule has 0 aromatic rings. The number of quaternary nitrogens is 1. The van der Waals surface area contributed by atoms with Gasteiger partial charge in [0.2, 0.25) is 0 Å². The molecule has 0 aliphatic rings. The highest BCUT2D eigenvalue weighted by Crippen LogP contribution is 2.16. The van der Waals surface area contributed by atoms with Gasteiger partial charge in [-0.25, -0.2) is 5.43 Å². The summed E-state index contributed by atoms with van der Waals surface area (Å²) in [6.45, 7) is 12.6. The van der Waals surface area contributed by atoms with E-state index in [1.165, 1.54) is 0 Å². The molecule has 0 fully saturated rings. The first-order chi connectivity index (χ1) is 12.1. The van der Waals surface area contributed by atoms with Gasteiger partial charge in [-0.1, -0.05) is 18.7 Å². The summed E-state index contributed by atoms with van der Waals surface area (Å²) in [7, 11) is 1.84. The van der Waals surface area contributed by atoms with Crippen molar-refractivity contribution in [3.63, 3.8) is 0 Å². The van der Waals surface area contributed by atoms with Crippen molar-refractivity contribution in [3.8, 4) is 12.3 Å². The van der Waals surface area contributed by atoms with E-state index in [0.29, 0.717) is 19.6 Å². The van der Waals surface area contributed by atoms with Gasteiger partial charge >= 0.3 is 0 Å². The molecule has 25 heavy (non-hydrogen) atoms. The van der Waals surface area contributed by atoms with Crippen LogP contribution in [0.15, 0.2) is 49.0 Å². The number of hydrogen-bond donors (Lipinski definition) is 2. The van der Waals surface area contributed by atoms with Crippen LogP contribution in [-0.2, 0) is 9.53 Å². The van der Waals surface area contributed by atoms with Gasteiger partial charge in [0.25, 0.3) is 0 Å². The molecule has 0 rings (SSSR count). The van der Waals surface area contributed by atoms with Crippen molar-refractivity contribution in [1.29, 1.82) is 0 Å². The van der Waals surface area contributed by atoms with E-state index in [2.05, 4.69) is 24.5 Å². The number of hydrazine groups is 1. The molecule has 2 unspecified atom stereocenters. The Labute approximate surface area is 152 Å². The van der Waals surface area contributed by atoms with Crippen molar-refractivity contribution in [3.05, 3.63) is 49.0 Å². The quantitative estimate of drug-likeness (QED) is 0.218. The number of carbonyl (C=O) groups excluding carboxylic acids is 1. The first-order valence-electron chi connectivity index (χ1n) is 8.51. The lowest BCUT2D eigenvalue weighted by Crippen LogP contribution is -2.89. The molecule has 138 valence electrons. The predicted molar refractivity (Wildman–Crippen MR) is 103 cm³/mol. The van der Waals surface area contributed by atoms with Crippen LogP contribution in [0.3, 0.4) is 0 Å². The monoisotopic (exact) mass is 346 g/mol. The number of nitrogens with zero attached hydrogens (tertiary/aromatic N) is 1. The zero-order chi connectivity index (χ0) is 19.1. The summed E-state index contributed by atoms with van der Waals surface area (Å²) in [4.78, 5) is 11.5. The second-order valence-electron chi connectivity index (χ2n) is 5.41. The van der Waals surface area contributed by atoms with Gasteiger partial charge in [0.1, 0.15) is 18.6 Å². The second-order valence-corrected chi connectivity index (χ2v) is 5.41. The molecule has 0 aromatic carbocycles. The van der Waals surface area contributed by atoms with Gasteiger partial charge in [0, 0.05) is 25.6 Å². The van der Waals surface area contributed by atoms with E-state index in [-0.39, 0.29) is 12.0 Å². The Balaban J connectivity index is 4.77. The van der Waals surface area contributed by atoms with E-state index in [4.69, 9.17) is 11.2 Å². The highest BCUT2D eigenvalue weighted by atomic mass is 16.5. The normalized spacial score (nSPS) is 13.9. The maximum absolute atomic E-state index is 11.5. The average molecular weight is 346 g/mol. The van der Waals surface area contributed by atoms with Crippen LogP contribution >= 0.6 is 0 Å². The van der Waals surface area contributed by atoms with Crippen molar-refractivity contribution in [2.45, 2.75) is 32.7 Å². The van der Waals surface area contributed by atoms with Crippen LogP contribution in [0.5, 0.6) is 0 Å². The minimum atomic E-state index is -0.269. The summed E-state index contributed by atoms with van der Waals surface area (Å²) in [6.07, 6.45) is 15.3. The minimum absolute atomic E-state index is 0.166. The number of ether oxygens (including phenoxy) is 1. The topological polar surface area (TPSA) is 58.2 Å². The first kappa shape index (κ1) is 22.9. The van der Waals surface area contributed by atoms with Gasteiger partial charge in [-0.05, 0) is 45.3 Å². The smallest absolute Gasteiger partial charge is 0.175 e. The highest BCUT2D eigenvalue weighted by molar-refractivity contribution is 5.57. The van der Waals surface area contributed by atoms with Crippen molar-refractivity contribution in [2.75, 3.05) is 20.3 Å². The van der Waals surface area contributed by atoms with Crippen LogP contribution in [0.1, 0.15) is 26.7 Å². The molecule has 5 nitrogen and oxygen atoms in total. The Morgan fingerprint density at radius 2 is 2.24 bits per heavy atom. The van der Waals surface area contributed by atoms with Gasteiger partial charge in [-0.15, -0.1) is 6.42 Å². The van der Waals surface area contributed by atoms with Crippen LogP contribution in [-0.4, -0.2) is 37.6 Å². The number of nitrogens with two attached hydrogens (primary N) is 1. The standard InChI is InChI=1S/C20H31N3O2/c1-7-11-14-23(21-6)20(9-3)13-12-18(15-24)17(5)22-19(8-2)16-25-10-4/h2,7,9,11,14-15,18-19,21-22H,1,5,10,12-13,16H2,3-4,6H3/p+1. The maximum atomic E-state index is 11.5. The summed E-state index contributed by atoms with van der Waals surface area (Å²) >= 11 is 0. The largest absolute Gasteiger partial charge is 0.374 e. The molecule has 0 aromatic heterocycles. The lowest BCUT2D eigenvalue weighted by atomic mass is 9.99. The number of aldehydes is 1. The number of rotatable bonds is 14. The Morgan fingerprint density at radius 3 is 2.72 bits per heavy atom. The molecule has 0 aliphatic carbocycles. The molecule has 3 N–H and O–H groups in total. The van der Waals surface area contributed by atoms with E-state index in [0.717, 1.165) is 24.1 Å². The molecule has 0 saturated heterocycles. The van der Waals surface area contributed by atoms with Crippen molar-refractivity contribution in [1.82, 2.24) is 10.4 Å². The number of carbonyl (C=O) groups is 1. The summed E-state index contributed by atoms with van der Waals surface area (Å²) in [5.74, 6) is 2.40. The average Bonchev–Trinajstić information content (AvgIpc) is 2.63. The molecule has 0 spiro atoms. The number of allylic oxidation sites excluding steroid dienone is 5. The fourth-order valence-corrected chi connectivity index (χ4v) is 2.28. The van der Waals surface area contributed by atoms with E-state index >= 15 is 0 Å². The van der Waals surface area contributed by atoms with Crippen LogP contribution in [0, 0.1) is 18.3 Å². The van der Waals surface area contributed by atoms with E-state index in [1.54, 1.807) is 6.08 Å². The third kappa shape index (κ3) is 9.06. The van der Waals surface area contributed by atoms with Crippen molar-refractivity contribution < 1.29 is 14.8 Å². The lowest BCUT2D eigenvalue weighted by molar-refractivity contribution is -0.636. The predicted octanol–water partition coefficient (Wildman–Crippen LogP) is 1.74. The third-order valence-electron chi connectivity index (χ3n) is 3.74. The fourth-order valence-electron chi connectivity index (χ4n) is 2.28. The summed E-state index contributed by atoms with van der Waals surface area (Å²) < 4.78 is 5.36. The van der Waals surface area contributed by atoms with Crippen molar-refractivity contribution in [2.24, 2.45) is 5.92 Å². The molecular weight excluding hydrogens is 314 g/mol. The van der Waals surface area contributed by atoms with Crippen LogP contribution in [0.4, 0.5) is 0 Å². The minimum Gasteiger partial charge on any atom is -0.374 e. The zero-order valence-electron chi connectivity index (χ0n) is 15.7. The lowest BCUT2D eigenvalue weighted by Gasteiger charge is -2.23. The van der Waals surface area contributed by atoms with E-state index in [9.17, 15) is 4.79 Å². The van der Waals surface area contributed by atoms with Crippen LogP contribution in [0.25, 0.3) is 0 Å². The Morgan fingerprint density at radius 1 is 1.52 bits per heavy atom. The molecular formula is C20H32N3O2+. The molecule has 0 radical (unpaired) electrons. The maximum Gasteiger partial charge on any atom is 0.175 e. The summed E-state index contributed by atoms with van der Waals surface area (Å²) in [5.41, 5.74) is 4.89. The molecule has 0 saturated carbocycles. The van der Waals surface area contributed by atoms with Gasteiger partial charge < -0.3 is 14.8 Å². The van der Waals surface area contributed by atoms with Gasteiger partial charge in [-0.2, -0.15) is 0 Å². The fraction of sp³-hybridized carbons (Fsp3) is 0.450. The van der Waals surface area contributed by atoms with E-state index in [1.807, 2.05) is 49.6 Å². The third-order valence-corrected chi connectivity index (χ3v) is 3.74. The molecule has 0 amide bonds. The van der Waals surface area contributed by atoms with Gasteiger partial charge in [-0.3, -0.25) is 5.01 Å². The number of nitrogens with one attached hydrogen (secondary N) is 1. The van der Waals surface area contributed by atoms with Crippen LogP contribution < -0.4 is 10.7 Å². The Hall–Kier alpha value is -2.13. The van der Waals surface area contributed by atoms with Crippen LogP contribution in [0.2, 0.25) is 0 Å². The number of hydrogen-bond acceptors (Lipinski definition) is 4. The SMILES string of the molecule is C#CC(COCC)[NH2+]C(=C)C(C=O)CCC(=CC)N(C=CC=C)NC. The second kappa shape index (κ2) is 14.2. The van der Waals surface area contributed by atoms with Crippen molar-refractivity contribution >= 4 is 6.29 Å². The zero-order valence-corrected chi connectivity index (χ0v) is 15.7.